The average Bonchev–Trinajstić information content (AvgIpc) is 3.07. The van der Waals surface area contributed by atoms with Crippen molar-refractivity contribution in [3.8, 4) is 0 Å². The summed E-state index contributed by atoms with van der Waals surface area (Å²) < 4.78 is 14.0. The van der Waals surface area contributed by atoms with Gasteiger partial charge >= 0.3 is 0 Å². The first-order valence-electron chi connectivity index (χ1n) is 9.19. The summed E-state index contributed by atoms with van der Waals surface area (Å²) >= 11 is 0. The maximum absolute atomic E-state index is 14.0. The van der Waals surface area contributed by atoms with Crippen LogP contribution in [0.15, 0.2) is 60.7 Å². The zero-order valence-corrected chi connectivity index (χ0v) is 15.4. The molecule has 2 atom stereocenters. The van der Waals surface area contributed by atoms with E-state index in [-0.39, 0.29) is 12.1 Å². The Bertz CT molecular complexity index is 646. The molecule has 3 rings (SSSR count). The molecule has 0 radical (unpaired) electrons. The van der Waals surface area contributed by atoms with Crippen molar-refractivity contribution in [3.05, 3.63) is 71.8 Å². The lowest BCUT2D eigenvalue weighted by molar-refractivity contribution is 0.123. The molecule has 0 aromatic heterocycles. The van der Waals surface area contributed by atoms with Crippen molar-refractivity contribution in [2.75, 3.05) is 33.4 Å². The molecular formula is C22H29FN2. The van der Waals surface area contributed by atoms with Crippen molar-refractivity contribution in [1.29, 1.82) is 0 Å². The predicted octanol–water partition coefficient (Wildman–Crippen LogP) is 4.54. The number of alkyl halides is 1. The van der Waals surface area contributed by atoms with Crippen LogP contribution in [0.5, 0.6) is 0 Å². The van der Waals surface area contributed by atoms with Crippen LogP contribution in [0.1, 0.15) is 30.5 Å². The Hall–Kier alpha value is -1.71. The van der Waals surface area contributed by atoms with Crippen LogP contribution in [0.3, 0.4) is 0 Å². The highest BCUT2D eigenvalue weighted by Gasteiger charge is 2.40. The van der Waals surface area contributed by atoms with Crippen molar-refractivity contribution >= 4 is 0 Å². The van der Waals surface area contributed by atoms with Gasteiger partial charge in [-0.15, -0.1) is 0 Å². The number of benzene rings is 2. The smallest absolute Gasteiger partial charge is 0.0975 e. The molecule has 2 nitrogen and oxygen atoms in total. The zero-order valence-electron chi connectivity index (χ0n) is 15.4. The molecule has 1 saturated heterocycles. The predicted molar refractivity (Wildman–Crippen MR) is 102 cm³/mol. The first-order chi connectivity index (χ1) is 12.1. The summed E-state index contributed by atoms with van der Waals surface area (Å²) in [5.41, 5.74) is 2.35. The first kappa shape index (κ1) is 18.1. The first-order valence-corrected chi connectivity index (χ1v) is 9.19. The fourth-order valence-corrected chi connectivity index (χ4v) is 4.05. The van der Waals surface area contributed by atoms with Crippen LogP contribution in [0.4, 0.5) is 4.39 Å². The second-order valence-corrected chi connectivity index (χ2v) is 7.60. The van der Waals surface area contributed by atoms with E-state index in [0.717, 1.165) is 32.6 Å². The molecule has 1 aliphatic heterocycles. The topological polar surface area (TPSA) is 6.48 Å². The van der Waals surface area contributed by atoms with Crippen molar-refractivity contribution < 1.29 is 4.39 Å². The number of hydrogen-bond acceptors (Lipinski definition) is 2. The van der Waals surface area contributed by atoms with Gasteiger partial charge in [-0.2, -0.15) is 0 Å². The van der Waals surface area contributed by atoms with Crippen LogP contribution >= 0.6 is 0 Å². The van der Waals surface area contributed by atoms with Gasteiger partial charge in [0, 0.05) is 31.1 Å². The zero-order chi connectivity index (χ0) is 17.7. The summed E-state index contributed by atoms with van der Waals surface area (Å²) in [6.45, 7) is 5.46. The molecule has 0 amide bonds. The van der Waals surface area contributed by atoms with Gasteiger partial charge < -0.3 is 4.90 Å². The van der Waals surface area contributed by atoms with E-state index >= 15 is 0 Å². The lowest BCUT2D eigenvalue weighted by Crippen LogP contribution is -2.40. The van der Waals surface area contributed by atoms with Crippen LogP contribution < -0.4 is 0 Å². The number of rotatable bonds is 7. The van der Waals surface area contributed by atoms with Gasteiger partial charge in [-0.1, -0.05) is 60.7 Å². The molecule has 2 aromatic carbocycles. The van der Waals surface area contributed by atoms with E-state index in [1.54, 1.807) is 0 Å². The second kappa shape index (κ2) is 8.11. The van der Waals surface area contributed by atoms with Gasteiger partial charge in [0.2, 0.25) is 0 Å². The molecule has 1 heterocycles. The summed E-state index contributed by atoms with van der Waals surface area (Å²) in [6.07, 6.45) is 0.930. The van der Waals surface area contributed by atoms with Crippen molar-refractivity contribution in [2.45, 2.75) is 25.9 Å². The second-order valence-electron chi connectivity index (χ2n) is 7.60. The normalized spacial score (nSPS) is 22.4. The van der Waals surface area contributed by atoms with Crippen LogP contribution in [-0.2, 0) is 6.54 Å². The van der Waals surface area contributed by atoms with E-state index in [9.17, 15) is 4.39 Å². The Morgan fingerprint density at radius 2 is 1.72 bits per heavy atom. The summed E-state index contributed by atoms with van der Waals surface area (Å²) in [5, 5.41) is 0. The van der Waals surface area contributed by atoms with Crippen molar-refractivity contribution in [1.82, 2.24) is 9.80 Å². The maximum atomic E-state index is 14.0. The Labute approximate surface area is 151 Å². The molecule has 134 valence electrons. The Kier molecular flexibility index (Phi) is 5.87. The fraction of sp³-hybridized carbons (Fsp3) is 0.455. The number of nitrogens with zero attached hydrogens (tertiary/aromatic N) is 2. The van der Waals surface area contributed by atoms with E-state index < -0.39 is 0 Å². The minimum absolute atomic E-state index is 0.243. The third-order valence-electron chi connectivity index (χ3n) is 5.48. The molecule has 0 saturated carbocycles. The van der Waals surface area contributed by atoms with E-state index in [1.807, 2.05) is 12.1 Å². The van der Waals surface area contributed by atoms with Crippen LogP contribution in [0, 0.1) is 5.41 Å². The standard InChI is InChI=1S/C22H29FN2/c1-19(21-11-7-4-8-12-21)25-14-13-22(16-23,18-25)17-24(2)15-20-9-5-3-6-10-20/h3-12,19H,13-18H2,1-2H3. The summed E-state index contributed by atoms with van der Waals surface area (Å²) in [4.78, 5) is 4.71. The third kappa shape index (κ3) is 4.47. The van der Waals surface area contributed by atoms with Crippen molar-refractivity contribution in [2.24, 2.45) is 5.41 Å². The van der Waals surface area contributed by atoms with Gasteiger partial charge in [0.1, 0.15) is 0 Å². The third-order valence-corrected chi connectivity index (χ3v) is 5.48. The molecule has 1 fully saturated rings. The van der Waals surface area contributed by atoms with Crippen LogP contribution in [-0.4, -0.2) is 43.2 Å². The highest BCUT2D eigenvalue weighted by Crippen LogP contribution is 2.36. The highest BCUT2D eigenvalue weighted by atomic mass is 19.1. The maximum Gasteiger partial charge on any atom is 0.0975 e. The lowest BCUT2D eigenvalue weighted by atomic mass is 9.88. The van der Waals surface area contributed by atoms with Crippen LogP contribution in [0.2, 0.25) is 0 Å². The molecule has 0 aliphatic carbocycles. The molecule has 1 aliphatic rings. The largest absolute Gasteiger partial charge is 0.301 e. The molecule has 3 heteroatoms. The van der Waals surface area contributed by atoms with Crippen LogP contribution in [0.25, 0.3) is 0 Å². The minimum Gasteiger partial charge on any atom is -0.301 e. The van der Waals surface area contributed by atoms with Gasteiger partial charge in [0.15, 0.2) is 0 Å². The van der Waals surface area contributed by atoms with Gasteiger partial charge in [-0.25, -0.2) is 0 Å². The Balaban J connectivity index is 1.62. The summed E-state index contributed by atoms with van der Waals surface area (Å²) in [5.74, 6) is 0. The molecular weight excluding hydrogens is 311 g/mol. The minimum atomic E-state index is -0.246. The molecule has 2 aromatic rings. The number of likely N-dealkylation sites (tertiary alicyclic amines) is 1. The average molecular weight is 340 g/mol. The molecule has 0 N–H and O–H groups in total. The van der Waals surface area contributed by atoms with Gasteiger partial charge in [0.05, 0.1) is 6.67 Å². The summed E-state index contributed by atoms with van der Waals surface area (Å²) in [6, 6.07) is 21.3. The van der Waals surface area contributed by atoms with Crippen molar-refractivity contribution in [3.63, 3.8) is 0 Å². The molecule has 0 spiro atoms. The summed E-state index contributed by atoms with van der Waals surface area (Å²) in [7, 11) is 2.10. The SMILES string of the molecule is CC(c1ccccc1)N1CCC(CF)(CN(C)Cc2ccccc2)C1. The highest BCUT2D eigenvalue weighted by molar-refractivity contribution is 5.19. The van der Waals surface area contributed by atoms with Gasteiger partial charge in [-0.05, 0) is 38.1 Å². The molecule has 25 heavy (non-hydrogen) atoms. The van der Waals surface area contributed by atoms with E-state index in [2.05, 4.69) is 72.3 Å². The Morgan fingerprint density at radius 1 is 1.08 bits per heavy atom. The monoisotopic (exact) mass is 340 g/mol. The lowest BCUT2D eigenvalue weighted by Gasteiger charge is -2.33. The van der Waals surface area contributed by atoms with Gasteiger partial charge in [0.25, 0.3) is 0 Å². The number of halogens is 1. The Morgan fingerprint density at radius 3 is 2.36 bits per heavy atom. The van der Waals surface area contributed by atoms with Gasteiger partial charge in [-0.3, -0.25) is 9.29 Å². The fourth-order valence-electron chi connectivity index (χ4n) is 4.05. The molecule has 2 unspecified atom stereocenters. The van der Waals surface area contributed by atoms with E-state index in [4.69, 9.17) is 0 Å². The van der Waals surface area contributed by atoms with E-state index in [1.165, 1.54) is 11.1 Å². The quantitative estimate of drug-likeness (QED) is 0.730. The number of hydrogen-bond donors (Lipinski definition) is 0. The van der Waals surface area contributed by atoms with E-state index in [0.29, 0.717) is 6.04 Å². The molecule has 0 bridgehead atoms.